The van der Waals surface area contributed by atoms with Crippen LogP contribution in [-0.4, -0.2) is 16.1 Å². The number of carbonyl (C=O) groups is 2. The lowest BCUT2D eigenvalue weighted by molar-refractivity contribution is -0.384. The minimum absolute atomic E-state index is 0.0419. The summed E-state index contributed by atoms with van der Waals surface area (Å²) in [5.41, 5.74) is 1.97. The van der Waals surface area contributed by atoms with Gasteiger partial charge in [-0.05, 0) is 48.5 Å². The molecular weight excluding hydrogens is 392 g/mol. The Kier molecular flexibility index (Phi) is 4.77. The van der Waals surface area contributed by atoms with Crippen molar-refractivity contribution in [3.05, 3.63) is 87.0 Å². The van der Waals surface area contributed by atoms with Gasteiger partial charge in [0.25, 0.3) is 16.8 Å². The van der Waals surface area contributed by atoms with Crippen molar-refractivity contribution >= 4 is 40.4 Å². The van der Waals surface area contributed by atoms with Gasteiger partial charge in [0.15, 0.2) is 0 Å². The number of amides is 2. The summed E-state index contributed by atoms with van der Waals surface area (Å²) in [6, 6.07) is 16.5. The molecule has 1 aliphatic heterocycles. The number of non-ortho nitro benzene ring substituents is 1. The summed E-state index contributed by atoms with van der Waals surface area (Å²) in [5, 5.41) is 10.6. The molecule has 0 spiro atoms. The van der Waals surface area contributed by atoms with Gasteiger partial charge >= 0.3 is 0 Å². The molecule has 1 aliphatic rings. The quantitative estimate of drug-likeness (QED) is 0.327. The molecule has 2 aromatic carbocycles. The zero-order valence-corrected chi connectivity index (χ0v) is 16.0. The molecule has 0 radical (unpaired) electrons. The van der Waals surface area contributed by atoms with Crippen molar-refractivity contribution in [2.24, 2.45) is 0 Å². The molecule has 1 aromatic heterocycles. The highest BCUT2D eigenvalue weighted by Gasteiger charge is 2.36. The van der Waals surface area contributed by atoms with Crippen LogP contribution in [0.2, 0.25) is 0 Å². The van der Waals surface area contributed by atoms with E-state index in [1.807, 2.05) is 13.0 Å². The van der Waals surface area contributed by atoms with Gasteiger partial charge in [-0.25, -0.2) is 4.90 Å². The van der Waals surface area contributed by atoms with Crippen molar-refractivity contribution in [1.29, 1.82) is 0 Å². The fourth-order valence-corrected chi connectivity index (χ4v) is 3.77. The maximum atomic E-state index is 12.7. The molecule has 0 bridgehead atoms. The first-order valence-electron chi connectivity index (χ1n) is 8.62. The van der Waals surface area contributed by atoms with Crippen molar-refractivity contribution in [3.8, 4) is 11.3 Å². The number of nitro groups is 1. The number of aryl methyl sites for hydroxylation is 1. The SMILES string of the molecule is Cc1cccc(N2C(=O)S/C(=C\c3ccc(-c4cccc([N+](=O)[O-])c4)o3)C2=O)c1. The Morgan fingerprint density at radius 1 is 1.07 bits per heavy atom. The molecule has 8 heteroatoms. The number of imide groups is 1. The number of nitro benzene ring substituents is 1. The van der Waals surface area contributed by atoms with Gasteiger partial charge in [0.2, 0.25) is 0 Å². The summed E-state index contributed by atoms with van der Waals surface area (Å²) in [5.74, 6) is 0.387. The number of hydrogen-bond acceptors (Lipinski definition) is 6. The molecule has 0 atom stereocenters. The van der Waals surface area contributed by atoms with E-state index < -0.39 is 10.8 Å². The van der Waals surface area contributed by atoms with Crippen LogP contribution >= 0.6 is 11.8 Å². The second-order valence-corrected chi connectivity index (χ2v) is 7.36. The smallest absolute Gasteiger partial charge is 0.298 e. The van der Waals surface area contributed by atoms with E-state index in [2.05, 4.69) is 0 Å². The van der Waals surface area contributed by atoms with Gasteiger partial charge < -0.3 is 4.42 Å². The highest BCUT2D eigenvalue weighted by molar-refractivity contribution is 8.19. The fraction of sp³-hybridized carbons (Fsp3) is 0.0476. The zero-order chi connectivity index (χ0) is 20.5. The van der Waals surface area contributed by atoms with Crippen molar-refractivity contribution in [3.63, 3.8) is 0 Å². The zero-order valence-electron chi connectivity index (χ0n) is 15.2. The first kappa shape index (κ1) is 18.7. The van der Waals surface area contributed by atoms with Crippen molar-refractivity contribution in [1.82, 2.24) is 0 Å². The number of carbonyl (C=O) groups excluding carboxylic acids is 2. The van der Waals surface area contributed by atoms with Gasteiger partial charge in [-0.2, -0.15) is 0 Å². The van der Waals surface area contributed by atoms with E-state index >= 15 is 0 Å². The van der Waals surface area contributed by atoms with Gasteiger partial charge in [0.05, 0.1) is 15.5 Å². The van der Waals surface area contributed by atoms with Crippen LogP contribution in [0.15, 0.2) is 70.0 Å². The average Bonchev–Trinajstić information content (AvgIpc) is 3.26. The Labute approximate surface area is 169 Å². The van der Waals surface area contributed by atoms with Crippen molar-refractivity contribution in [2.45, 2.75) is 6.92 Å². The lowest BCUT2D eigenvalue weighted by Crippen LogP contribution is -2.27. The van der Waals surface area contributed by atoms with E-state index in [-0.39, 0.29) is 15.8 Å². The predicted molar refractivity (Wildman–Crippen MR) is 110 cm³/mol. The first-order valence-corrected chi connectivity index (χ1v) is 9.43. The lowest BCUT2D eigenvalue weighted by Gasteiger charge is -2.12. The molecular formula is C21H14N2O5S. The molecule has 0 saturated carbocycles. The second kappa shape index (κ2) is 7.40. The molecule has 2 amide bonds. The maximum Gasteiger partial charge on any atom is 0.298 e. The molecule has 0 N–H and O–H groups in total. The Morgan fingerprint density at radius 2 is 1.86 bits per heavy atom. The van der Waals surface area contributed by atoms with Gasteiger partial charge in [0, 0.05) is 23.8 Å². The molecule has 29 heavy (non-hydrogen) atoms. The molecule has 0 aliphatic carbocycles. The molecule has 0 unspecified atom stereocenters. The largest absolute Gasteiger partial charge is 0.457 e. The second-order valence-electron chi connectivity index (χ2n) is 6.37. The monoisotopic (exact) mass is 406 g/mol. The number of nitrogens with zero attached hydrogens (tertiary/aromatic N) is 2. The Morgan fingerprint density at radius 3 is 2.62 bits per heavy atom. The summed E-state index contributed by atoms with van der Waals surface area (Å²) < 4.78 is 5.72. The molecule has 1 saturated heterocycles. The first-order chi connectivity index (χ1) is 13.9. The number of benzene rings is 2. The third-order valence-corrected chi connectivity index (χ3v) is 5.16. The number of thioether (sulfide) groups is 1. The Balaban J connectivity index is 1.61. The van der Waals surface area contributed by atoms with Crippen molar-refractivity contribution in [2.75, 3.05) is 4.90 Å². The van der Waals surface area contributed by atoms with Crippen LogP contribution in [-0.2, 0) is 4.79 Å². The van der Waals surface area contributed by atoms with Crippen LogP contribution in [0.4, 0.5) is 16.2 Å². The third kappa shape index (κ3) is 3.70. The summed E-state index contributed by atoms with van der Waals surface area (Å²) >= 11 is 0.838. The average molecular weight is 406 g/mol. The lowest BCUT2D eigenvalue weighted by atomic mass is 10.1. The Bertz CT molecular complexity index is 1180. The van der Waals surface area contributed by atoms with Gasteiger partial charge in [0.1, 0.15) is 11.5 Å². The minimum atomic E-state index is -0.478. The summed E-state index contributed by atoms with van der Waals surface area (Å²) in [4.78, 5) is 36.9. The van der Waals surface area contributed by atoms with Crippen LogP contribution < -0.4 is 4.90 Å². The normalized spacial score (nSPS) is 15.3. The molecule has 2 heterocycles. The van der Waals surface area contributed by atoms with Gasteiger partial charge in [-0.1, -0.05) is 24.3 Å². The summed E-state index contributed by atoms with van der Waals surface area (Å²) in [6.07, 6.45) is 1.50. The number of furan rings is 1. The van der Waals surface area contributed by atoms with Crippen LogP contribution in [0.1, 0.15) is 11.3 Å². The highest BCUT2D eigenvalue weighted by atomic mass is 32.2. The van der Waals surface area contributed by atoms with Crippen LogP contribution in [0.5, 0.6) is 0 Å². The van der Waals surface area contributed by atoms with E-state index in [0.717, 1.165) is 22.2 Å². The van der Waals surface area contributed by atoms with Crippen LogP contribution in [0.3, 0.4) is 0 Å². The topological polar surface area (TPSA) is 93.7 Å². The number of rotatable bonds is 4. The fourth-order valence-electron chi connectivity index (χ4n) is 2.94. The number of anilines is 1. The molecule has 144 valence electrons. The number of hydrogen-bond donors (Lipinski definition) is 0. The Hall–Kier alpha value is -3.65. The molecule has 1 fully saturated rings. The van der Waals surface area contributed by atoms with Gasteiger partial charge in [-0.15, -0.1) is 0 Å². The van der Waals surface area contributed by atoms with Crippen LogP contribution in [0.25, 0.3) is 17.4 Å². The molecule has 7 nitrogen and oxygen atoms in total. The minimum Gasteiger partial charge on any atom is -0.457 e. The van der Waals surface area contributed by atoms with E-state index in [0.29, 0.717) is 22.8 Å². The van der Waals surface area contributed by atoms with Crippen molar-refractivity contribution < 1.29 is 18.9 Å². The maximum absolute atomic E-state index is 12.7. The van der Waals surface area contributed by atoms with E-state index in [1.54, 1.807) is 42.5 Å². The summed E-state index contributed by atoms with van der Waals surface area (Å²) in [6.45, 7) is 1.89. The summed E-state index contributed by atoms with van der Waals surface area (Å²) in [7, 11) is 0. The van der Waals surface area contributed by atoms with E-state index in [1.165, 1.54) is 18.2 Å². The highest BCUT2D eigenvalue weighted by Crippen LogP contribution is 2.36. The van der Waals surface area contributed by atoms with E-state index in [9.17, 15) is 19.7 Å². The van der Waals surface area contributed by atoms with Gasteiger partial charge in [-0.3, -0.25) is 19.7 Å². The van der Waals surface area contributed by atoms with Crippen LogP contribution in [0, 0.1) is 17.0 Å². The van der Waals surface area contributed by atoms with E-state index in [4.69, 9.17) is 4.42 Å². The molecule has 4 rings (SSSR count). The third-order valence-electron chi connectivity index (χ3n) is 4.30. The molecule has 3 aromatic rings. The standard InChI is InChI=1S/C21H14N2O5S/c1-13-4-2-6-15(10-13)22-20(24)19(29-21(22)25)12-17-8-9-18(28-17)14-5-3-7-16(11-14)23(26)27/h2-12H,1H3/b19-12-. The predicted octanol–water partition coefficient (Wildman–Crippen LogP) is 5.40.